The van der Waals surface area contributed by atoms with Crippen molar-refractivity contribution in [3.63, 3.8) is 0 Å². The summed E-state index contributed by atoms with van der Waals surface area (Å²) in [4.78, 5) is 23.3. The van der Waals surface area contributed by atoms with Gasteiger partial charge in [-0.3, -0.25) is 0 Å². The molecule has 0 N–H and O–H groups in total. The third-order valence-corrected chi connectivity index (χ3v) is 7.68. The molecule has 4 heterocycles. The number of carbonyl (C=O) groups excluding carboxylic acids is 1. The van der Waals surface area contributed by atoms with E-state index in [1.807, 2.05) is 37.1 Å². The minimum Gasteiger partial charge on any atom is -0.473 e. The van der Waals surface area contributed by atoms with Crippen LogP contribution in [0.25, 0.3) is 10.2 Å². The van der Waals surface area contributed by atoms with Gasteiger partial charge in [0.1, 0.15) is 22.7 Å². The summed E-state index contributed by atoms with van der Waals surface area (Å²) >= 11 is 1.63. The monoisotopic (exact) mass is 459 g/mol. The van der Waals surface area contributed by atoms with E-state index in [4.69, 9.17) is 14.2 Å². The van der Waals surface area contributed by atoms with Crippen molar-refractivity contribution in [3.8, 4) is 5.88 Å². The number of hydrogen-bond acceptors (Lipinski definition) is 7. The van der Waals surface area contributed by atoms with Crippen molar-refractivity contribution in [2.75, 3.05) is 0 Å². The molecular weight excluding hydrogens is 426 g/mol. The first-order valence-corrected chi connectivity index (χ1v) is 12.8. The zero-order valence-corrected chi connectivity index (χ0v) is 20.0. The molecule has 5 rings (SSSR count). The van der Waals surface area contributed by atoms with Gasteiger partial charge in [-0.25, -0.2) is 14.8 Å². The van der Waals surface area contributed by atoms with Gasteiger partial charge in [-0.2, -0.15) is 0 Å². The molecule has 2 aromatic heterocycles. The van der Waals surface area contributed by atoms with Gasteiger partial charge in [-0.1, -0.05) is 0 Å². The molecule has 2 saturated heterocycles. The van der Waals surface area contributed by atoms with Crippen LogP contribution in [0.15, 0.2) is 17.8 Å². The Balaban J connectivity index is 1.11. The van der Waals surface area contributed by atoms with Crippen LogP contribution < -0.4 is 4.74 Å². The van der Waals surface area contributed by atoms with Crippen LogP contribution in [0.5, 0.6) is 5.88 Å². The standard InChI is InChI=1S/C24H33N3O4S/c1-24(2,3)31-23(28)27-15-4-5-16(27)13-19(12-15)29-17-6-8-18(9-7-17)30-22-21-20(10-11-32-21)25-14-26-22/h10-11,14-19H,4-9,12-13H2,1-3H3. The van der Waals surface area contributed by atoms with E-state index >= 15 is 0 Å². The lowest BCUT2D eigenvalue weighted by Gasteiger charge is -2.41. The SMILES string of the molecule is CC(C)(C)OC(=O)N1C2CCC1CC(OC1CCC(Oc3ncnc4ccsc34)CC1)C2. The van der Waals surface area contributed by atoms with Gasteiger partial charge in [-0.05, 0) is 83.6 Å². The molecule has 174 valence electrons. The van der Waals surface area contributed by atoms with Crippen molar-refractivity contribution in [2.24, 2.45) is 0 Å². The number of nitrogens with zero attached hydrogens (tertiary/aromatic N) is 3. The van der Waals surface area contributed by atoms with Crippen molar-refractivity contribution < 1.29 is 19.0 Å². The number of thiophene rings is 1. The van der Waals surface area contributed by atoms with E-state index in [1.165, 1.54) is 0 Å². The van der Waals surface area contributed by atoms with E-state index in [0.717, 1.165) is 61.6 Å². The maximum atomic E-state index is 12.7. The maximum absolute atomic E-state index is 12.7. The highest BCUT2D eigenvalue weighted by molar-refractivity contribution is 7.17. The summed E-state index contributed by atoms with van der Waals surface area (Å²) in [5, 5.41) is 2.03. The average Bonchev–Trinajstić information content (AvgIpc) is 3.32. The van der Waals surface area contributed by atoms with Gasteiger partial charge >= 0.3 is 6.09 Å². The fourth-order valence-corrected chi connectivity index (χ4v) is 6.19. The molecule has 1 aliphatic carbocycles. The lowest BCUT2D eigenvalue weighted by Crippen LogP contribution is -2.50. The Hall–Kier alpha value is -1.93. The predicted octanol–water partition coefficient (Wildman–Crippen LogP) is 5.33. The number of carbonyl (C=O) groups is 1. The van der Waals surface area contributed by atoms with Crippen molar-refractivity contribution in [2.45, 2.75) is 108 Å². The number of rotatable bonds is 4. The zero-order chi connectivity index (χ0) is 22.3. The Kier molecular flexibility index (Phi) is 6.01. The van der Waals surface area contributed by atoms with E-state index in [2.05, 4.69) is 9.97 Å². The molecule has 1 amide bonds. The Labute approximate surface area is 193 Å². The van der Waals surface area contributed by atoms with Crippen LogP contribution in [0.2, 0.25) is 0 Å². The molecule has 3 fully saturated rings. The average molecular weight is 460 g/mol. The summed E-state index contributed by atoms with van der Waals surface area (Å²) in [6, 6.07) is 2.50. The van der Waals surface area contributed by atoms with Crippen LogP contribution in [0.3, 0.4) is 0 Å². The number of aromatic nitrogens is 2. The highest BCUT2D eigenvalue weighted by Crippen LogP contribution is 2.39. The van der Waals surface area contributed by atoms with Gasteiger partial charge < -0.3 is 19.1 Å². The highest BCUT2D eigenvalue weighted by atomic mass is 32.1. The van der Waals surface area contributed by atoms with Crippen LogP contribution in [0.1, 0.15) is 72.1 Å². The van der Waals surface area contributed by atoms with Crippen LogP contribution in [0.4, 0.5) is 4.79 Å². The summed E-state index contributed by atoms with van der Waals surface area (Å²) in [5.74, 6) is 0.709. The lowest BCUT2D eigenvalue weighted by molar-refractivity contribution is -0.0814. The molecule has 2 aliphatic heterocycles. The van der Waals surface area contributed by atoms with E-state index in [-0.39, 0.29) is 36.5 Å². The molecule has 0 spiro atoms. The quantitative estimate of drug-likeness (QED) is 0.615. The van der Waals surface area contributed by atoms with E-state index < -0.39 is 5.60 Å². The van der Waals surface area contributed by atoms with Crippen molar-refractivity contribution in [1.82, 2.24) is 14.9 Å². The number of hydrogen-bond donors (Lipinski definition) is 0. The Morgan fingerprint density at radius 1 is 1.00 bits per heavy atom. The third-order valence-electron chi connectivity index (χ3n) is 6.79. The largest absolute Gasteiger partial charge is 0.473 e. The second-order valence-electron chi connectivity index (χ2n) is 10.3. The van der Waals surface area contributed by atoms with E-state index in [9.17, 15) is 4.79 Å². The first kappa shape index (κ1) is 21.9. The molecular formula is C24H33N3O4S. The second-order valence-corrected chi connectivity index (χ2v) is 11.2. The van der Waals surface area contributed by atoms with Crippen LogP contribution in [-0.4, -0.2) is 57.0 Å². The lowest BCUT2D eigenvalue weighted by atomic mass is 9.93. The van der Waals surface area contributed by atoms with Crippen LogP contribution in [0, 0.1) is 0 Å². The van der Waals surface area contributed by atoms with Crippen LogP contribution >= 0.6 is 11.3 Å². The second kappa shape index (κ2) is 8.78. The summed E-state index contributed by atoms with van der Waals surface area (Å²) < 4.78 is 19.5. The van der Waals surface area contributed by atoms with Gasteiger partial charge in [0, 0.05) is 12.1 Å². The first-order chi connectivity index (χ1) is 15.4. The number of amides is 1. The normalized spacial score (nSPS) is 30.5. The van der Waals surface area contributed by atoms with Gasteiger partial charge in [0.2, 0.25) is 5.88 Å². The molecule has 2 bridgehead atoms. The Bertz CT molecular complexity index is 936. The minimum absolute atomic E-state index is 0.161. The topological polar surface area (TPSA) is 73.8 Å². The number of ether oxygens (including phenoxy) is 3. The number of piperidine rings is 1. The van der Waals surface area contributed by atoms with Crippen molar-refractivity contribution >= 4 is 27.6 Å². The summed E-state index contributed by atoms with van der Waals surface area (Å²) in [5.41, 5.74) is 0.496. The molecule has 7 nitrogen and oxygen atoms in total. The summed E-state index contributed by atoms with van der Waals surface area (Å²) in [6.07, 6.45) is 10.0. The molecule has 2 atom stereocenters. The van der Waals surface area contributed by atoms with Crippen molar-refractivity contribution in [3.05, 3.63) is 17.8 Å². The van der Waals surface area contributed by atoms with Crippen LogP contribution in [-0.2, 0) is 9.47 Å². The third kappa shape index (κ3) is 4.71. The molecule has 0 radical (unpaired) electrons. The molecule has 2 unspecified atom stereocenters. The zero-order valence-electron chi connectivity index (χ0n) is 19.2. The van der Waals surface area contributed by atoms with Gasteiger partial charge in [0.25, 0.3) is 0 Å². The predicted molar refractivity (Wildman–Crippen MR) is 123 cm³/mol. The van der Waals surface area contributed by atoms with Gasteiger partial charge in [0.05, 0.1) is 17.7 Å². The molecule has 2 aromatic rings. The van der Waals surface area contributed by atoms with E-state index in [1.54, 1.807) is 17.7 Å². The van der Waals surface area contributed by atoms with E-state index in [0.29, 0.717) is 5.88 Å². The fraction of sp³-hybridized carbons (Fsp3) is 0.708. The van der Waals surface area contributed by atoms with Crippen molar-refractivity contribution in [1.29, 1.82) is 0 Å². The smallest absolute Gasteiger partial charge is 0.410 e. The molecule has 1 saturated carbocycles. The Morgan fingerprint density at radius 2 is 1.69 bits per heavy atom. The minimum atomic E-state index is -0.453. The molecule has 8 heteroatoms. The summed E-state index contributed by atoms with van der Waals surface area (Å²) in [7, 11) is 0. The first-order valence-electron chi connectivity index (χ1n) is 11.9. The van der Waals surface area contributed by atoms with Gasteiger partial charge in [-0.15, -0.1) is 11.3 Å². The molecule has 0 aromatic carbocycles. The Morgan fingerprint density at radius 3 is 2.38 bits per heavy atom. The number of fused-ring (bicyclic) bond motifs is 3. The fourth-order valence-electron chi connectivity index (χ4n) is 5.42. The molecule has 3 aliphatic rings. The van der Waals surface area contributed by atoms with Gasteiger partial charge in [0.15, 0.2) is 0 Å². The molecule has 32 heavy (non-hydrogen) atoms. The highest BCUT2D eigenvalue weighted by Gasteiger charge is 2.45. The summed E-state index contributed by atoms with van der Waals surface area (Å²) in [6.45, 7) is 5.78. The maximum Gasteiger partial charge on any atom is 0.410 e.